The number of nitrogens with one attached hydrogen (secondary N) is 1. The van der Waals surface area contributed by atoms with Crippen molar-refractivity contribution < 1.29 is 14.3 Å². The second-order valence-electron chi connectivity index (χ2n) is 2.16. The number of hydrogen-bond donors (Lipinski definition) is 2. The standard InChI is InChI=1S/C7H9NO3/c1-5-2-3-6(11-5)8-4-7(9)10/h2-3,8H,4H2,1H3,(H,9,10). The number of carboxylic acid groups (broad SMARTS) is 1. The Morgan fingerprint density at radius 3 is 2.91 bits per heavy atom. The topological polar surface area (TPSA) is 62.5 Å². The summed E-state index contributed by atoms with van der Waals surface area (Å²) in [6, 6.07) is 3.46. The zero-order valence-corrected chi connectivity index (χ0v) is 6.13. The van der Waals surface area contributed by atoms with Crippen LogP contribution in [0.5, 0.6) is 0 Å². The van der Waals surface area contributed by atoms with E-state index >= 15 is 0 Å². The van der Waals surface area contributed by atoms with Crippen LogP contribution in [0.4, 0.5) is 5.88 Å². The molecule has 1 heterocycles. The summed E-state index contributed by atoms with van der Waals surface area (Å²) in [7, 11) is 0. The monoisotopic (exact) mass is 155 g/mol. The lowest BCUT2D eigenvalue weighted by atomic mass is 10.5. The number of aliphatic carboxylic acids is 1. The van der Waals surface area contributed by atoms with E-state index in [1.54, 1.807) is 19.1 Å². The fraction of sp³-hybridized carbons (Fsp3) is 0.286. The molecule has 0 radical (unpaired) electrons. The Morgan fingerprint density at radius 1 is 1.73 bits per heavy atom. The number of aryl methyl sites for hydroxylation is 1. The minimum Gasteiger partial charge on any atom is -0.480 e. The number of anilines is 1. The molecule has 0 aromatic carbocycles. The molecule has 0 unspecified atom stereocenters. The van der Waals surface area contributed by atoms with Crippen LogP contribution in [0, 0.1) is 6.92 Å². The molecule has 0 amide bonds. The van der Waals surface area contributed by atoms with Gasteiger partial charge < -0.3 is 14.8 Å². The van der Waals surface area contributed by atoms with Gasteiger partial charge in [0.2, 0.25) is 0 Å². The third-order valence-electron chi connectivity index (χ3n) is 1.15. The lowest BCUT2D eigenvalue weighted by Crippen LogP contribution is -2.11. The highest BCUT2D eigenvalue weighted by atomic mass is 16.4. The Labute approximate surface area is 63.8 Å². The lowest BCUT2D eigenvalue weighted by molar-refractivity contribution is -0.134. The maximum atomic E-state index is 10.1. The van der Waals surface area contributed by atoms with Crippen molar-refractivity contribution in [3.05, 3.63) is 17.9 Å². The van der Waals surface area contributed by atoms with Gasteiger partial charge in [0.1, 0.15) is 12.3 Å². The molecule has 1 aromatic rings. The van der Waals surface area contributed by atoms with E-state index in [4.69, 9.17) is 9.52 Å². The average molecular weight is 155 g/mol. The summed E-state index contributed by atoms with van der Waals surface area (Å²) in [5.41, 5.74) is 0. The van der Waals surface area contributed by atoms with Gasteiger partial charge in [-0.05, 0) is 13.0 Å². The molecule has 0 spiro atoms. The molecule has 0 atom stereocenters. The van der Waals surface area contributed by atoms with Gasteiger partial charge in [0.05, 0.1) is 0 Å². The number of carbonyl (C=O) groups is 1. The number of carboxylic acids is 1. The van der Waals surface area contributed by atoms with Gasteiger partial charge in [0, 0.05) is 6.07 Å². The molecule has 4 nitrogen and oxygen atoms in total. The van der Waals surface area contributed by atoms with E-state index in [0.717, 1.165) is 5.76 Å². The Balaban J connectivity index is 2.45. The van der Waals surface area contributed by atoms with Crippen molar-refractivity contribution in [1.82, 2.24) is 0 Å². The third-order valence-corrected chi connectivity index (χ3v) is 1.15. The molecule has 60 valence electrons. The summed E-state index contributed by atoms with van der Waals surface area (Å²) in [6.45, 7) is 1.68. The molecule has 2 N–H and O–H groups in total. The lowest BCUT2D eigenvalue weighted by Gasteiger charge is -1.95. The average Bonchev–Trinajstić information content (AvgIpc) is 2.31. The molecule has 0 saturated heterocycles. The van der Waals surface area contributed by atoms with Crippen LogP contribution in [-0.4, -0.2) is 17.6 Å². The quantitative estimate of drug-likeness (QED) is 0.685. The fourth-order valence-corrected chi connectivity index (χ4v) is 0.692. The van der Waals surface area contributed by atoms with Crippen LogP contribution in [0.2, 0.25) is 0 Å². The first-order chi connectivity index (χ1) is 5.18. The third kappa shape index (κ3) is 2.33. The van der Waals surface area contributed by atoms with E-state index in [1.165, 1.54) is 0 Å². The minimum atomic E-state index is -0.904. The van der Waals surface area contributed by atoms with Crippen LogP contribution in [-0.2, 0) is 4.79 Å². The Kier molecular flexibility index (Phi) is 2.15. The Bertz CT molecular complexity index is 254. The SMILES string of the molecule is Cc1ccc(NCC(=O)O)o1. The van der Waals surface area contributed by atoms with Crippen molar-refractivity contribution in [2.24, 2.45) is 0 Å². The van der Waals surface area contributed by atoms with Crippen LogP contribution >= 0.6 is 0 Å². The molecule has 1 rings (SSSR count). The van der Waals surface area contributed by atoms with Crippen LogP contribution < -0.4 is 5.32 Å². The van der Waals surface area contributed by atoms with Gasteiger partial charge in [-0.1, -0.05) is 0 Å². The molecular weight excluding hydrogens is 146 g/mol. The van der Waals surface area contributed by atoms with Crippen molar-refractivity contribution >= 4 is 11.9 Å². The van der Waals surface area contributed by atoms with E-state index in [9.17, 15) is 4.79 Å². The van der Waals surface area contributed by atoms with Gasteiger partial charge in [0.25, 0.3) is 0 Å². The van der Waals surface area contributed by atoms with E-state index in [-0.39, 0.29) is 6.54 Å². The van der Waals surface area contributed by atoms with Crippen LogP contribution in [0.3, 0.4) is 0 Å². The van der Waals surface area contributed by atoms with Crippen molar-refractivity contribution in [1.29, 1.82) is 0 Å². The summed E-state index contributed by atoms with van der Waals surface area (Å²) < 4.78 is 5.06. The van der Waals surface area contributed by atoms with Gasteiger partial charge in [-0.3, -0.25) is 4.79 Å². The van der Waals surface area contributed by atoms with E-state index in [1.807, 2.05) is 0 Å². The number of furan rings is 1. The largest absolute Gasteiger partial charge is 0.480 e. The van der Waals surface area contributed by atoms with Crippen molar-refractivity contribution in [2.45, 2.75) is 6.92 Å². The summed E-state index contributed by atoms with van der Waals surface area (Å²) in [5.74, 6) is 0.349. The smallest absolute Gasteiger partial charge is 0.322 e. The van der Waals surface area contributed by atoms with Gasteiger partial charge in [-0.25, -0.2) is 0 Å². The molecule has 11 heavy (non-hydrogen) atoms. The first kappa shape index (κ1) is 7.65. The van der Waals surface area contributed by atoms with E-state index < -0.39 is 5.97 Å². The zero-order chi connectivity index (χ0) is 8.27. The summed E-state index contributed by atoms with van der Waals surface area (Å²) >= 11 is 0. The van der Waals surface area contributed by atoms with E-state index in [2.05, 4.69) is 5.32 Å². The second kappa shape index (κ2) is 3.09. The molecule has 0 aliphatic carbocycles. The normalized spacial score (nSPS) is 9.55. The summed E-state index contributed by atoms with van der Waals surface area (Å²) in [5, 5.41) is 10.9. The summed E-state index contributed by atoms with van der Waals surface area (Å²) in [4.78, 5) is 10.1. The van der Waals surface area contributed by atoms with Gasteiger partial charge in [0.15, 0.2) is 5.88 Å². The highest BCUT2D eigenvalue weighted by molar-refractivity contribution is 5.72. The van der Waals surface area contributed by atoms with Gasteiger partial charge >= 0.3 is 5.97 Å². The van der Waals surface area contributed by atoms with Crippen molar-refractivity contribution in [3.63, 3.8) is 0 Å². The highest BCUT2D eigenvalue weighted by Crippen LogP contribution is 2.10. The predicted octanol–water partition coefficient (Wildman–Crippen LogP) is 1.08. The fourth-order valence-electron chi connectivity index (χ4n) is 0.692. The van der Waals surface area contributed by atoms with Crippen molar-refractivity contribution in [2.75, 3.05) is 11.9 Å². The van der Waals surface area contributed by atoms with E-state index in [0.29, 0.717) is 5.88 Å². The van der Waals surface area contributed by atoms with Crippen LogP contribution in [0.25, 0.3) is 0 Å². The molecule has 1 aromatic heterocycles. The maximum absolute atomic E-state index is 10.1. The second-order valence-corrected chi connectivity index (χ2v) is 2.16. The molecule has 0 bridgehead atoms. The molecule has 0 aliphatic heterocycles. The molecular formula is C7H9NO3. The minimum absolute atomic E-state index is 0.118. The van der Waals surface area contributed by atoms with Gasteiger partial charge in [-0.15, -0.1) is 0 Å². The van der Waals surface area contributed by atoms with Crippen LogP contribution in [0.15, 0.2) is 16.5 Å². The van der Waals surface area contributed by atoms with Crippen LogP contribution in [0.1, 0.15) is 5.76 Å². The summed E-state index contributed by atoms with van der Waals surface area (Å²) in [6.07, 6.45) is 0. The predicted molar refractivity (Wildman–Crippen MR) is 39.6 cm³/mol. The maximum Gasteiger partial charge on any atom is 0.322 e. The first-order valence-corrected chi connectivity index (χ1v) is 3.20. The van der Waals surface area contributed by atoms with Gasteiger partial charge in [-0.2, -0.15) is 0 Å². The molecule has 0 fully saturated rings. The zero-order valence-electron chi connectivity index (χ0n) is 6.13. The Morgan fingerprint density at radius 2 is 2.45 bits per heavy atom. The molecule has 0 aliphatic rings. The first-order valence-electron chi connectivity index (χ1n) is 3.20. The highest BCUT2D eigenvalue weighted by Gasteiger charge is 1.99. The van der Waals surface area contributed by atoms with Crippen molar-refractivity contribution in [3.8, 4) is 0 Å². The Hall–Kier alpha value is -1.45. The number of hydrogen-bond acceptors (Lipinski definition) is 3. The molecule has 0 saturated carbocycles. The molecule has 4 heteroatoms. The number of rotatable bonds is 3.